The monoisotopic (exact) mass is 581 g/mol. The molecule has 4 rings (SSSR count). The van der Waals surface area contributed by atoms with Crippen molar-refractivity contribution in [1.29, 1.82) is 0 Å². The Bertz CT molecular complexity index is 1370. The van der Waals surface area contributed by atoms with E-state index >= 15 is 0 Å². The molecule has 0 saturated heterocycles. The van der Waals surface area contributed by atoms with Gasteiger partial charge in [-0.15, -0.1) is 0 Å². The first-order chi connectivity index (χ1) is 19.1. The highest BCUT2D eigenvalue weighted by molar-refractivity contribution is 6.16. The normalized spacial score (nSPS) is 20.2. The average molecular weight is 582 g/mol. The molecule has 1 fully saturated rings. The number of benzene rings is 2. The molecule has 220 valence electrons. The number of aryl methyl sites for hydroxylation is 1. The summed E-state index contributed by atoms with van der Waals surface area (Å²) >= 11 is 0. The van der Waals surface area contributed by atoms with E-state index in [0.717, 1.165) is 5.56 Å². The van der Waals surface area contributed by atoms with Gasteiger partial charge in [0.2, 0.25) is 17.7 Å². The molecule has 0 aromatic heterocycles. The van der Waals surface area contributed by atoms with E-state index in [9.17, 15) is 40.7 Å². The van der Waals surface area contributed by atoms with Gasteiger partial charge in [-0.2, -0.15) is 13.2 Å². The van der Waals surface area contributed by atoms with Gasteiger partial charge in [-0.3, -0.25) is 19.4 Å². The molecule has 1 heterocycles. The van der Waals surface area contributed by atoms with Crippen molar-refractivity contribution in [3.8, 4) is 0 Å². The Balaban J connectivity index is 1.68. The van der Waals surface area contributed by atoms with E-state index < -0.39 is 85.1 Å². The number of rotatable bonds is 9. The number of nitrogens with zero attached hydrogens (tertiary/aromatic N) is 1. The molecular weight excluding hydrogens is 552 g/mol. The van der Waals surface area contributed by atoms with E-state index in [1.165, 1.54) is 18.2 Å². The molecule has 0 unspecified atom stereocenters. The molecule has 1 aliphatic carbocycles. The summed E-state index contributed by atoms with van der Waals surface area (Å²) in [5.41, 5.74) is 7.81. The van der Waals surface area contributed by atoms with Crippen LogP contribution >= 0.6 is 0 Å². The molecule has 41 heavy (non-hydrogen) atoms. The van der Waals surface area contributed by atoms with Crippen LogP contribution in [0.1, 0.15) is 54.4 Å². The number of amides is 2. The number of halogens is 6. The number of primary amides is 1. The van der Waals surface area contributed by atoms with Crippen LogP contribution in [0.15, 0.2) is 47.5 Å². The van der Waals surface area contributed by atoms with Gasteiger partial charge in [0.1, 0.15) is 5.82 Å². The Hall–Kier alpha value is -3.70. The minimum atomic E-state index is -4.68. The number of alkyl halides is 5. The summed E-state index contributed by atoms with van der Waals surface area (Å²) in [7, 11) is 0. The minimum absolute atomic E-state index is 0.182. The zero-order chi connectivity index (χ0) is 30.1. The topological polar surface area (TPSA) is 102 Å². The van der Waals surface area contributed by atoms with E-state index in [0.29, 0.717) is 16.7 Å². The van der Waals surface area contributed by atoms with Crippen molar-refractivity contribution in [3.05, 3.63) is 70.5 Å². The summed E-state index contributed by atoms with van der Waals surface area (Å²) in [6.45, 7) is 1.77. The fourth-order valence-corrected chi connectivity index (χ4v) is 5.54. The molecule has 0 spiro atoms. The van der Waals surface area contributed by atoms with Crippen LogP contribution in [0.4, 0.5) is 26.3 Å². The van der Waals surface area contributed by atoms with Crippen molar-refractivity contribution < 1.29 is 40.7 Å². The molecular formula is C29H29F6N3O3. The van der Waals surface area contributed by atoms with E-state index in [1.54, 1.807) is 31.2 Å². The van der Waals surface area contributed by atoms with Crippen LogP contribution in [0.2, 0.25) is 0 Å². The van der Waals surface area contributed by atoms with Crippen molar-refractivity contribution in [2.75, 3.05) is 0 Å². The highest BCUT2D eigenvalue weighted by atomic mass is 19.4. The van der Waals surface area contributed by atoms with Gasteiger partial charge in [0.05, 0.1) is 5.71 Å². The lowest BCUT2D eigenvalue weighted by molar-refractivity contribution is -0.149. The molecule has 12 heteroatoms. The fraction of sp³-hybridized carbons (Fsp3) is 0.448. The Morgan fingerprint density at radius 3 is 2.41 bits per heavy atom. The molecule has 3 N–H and O–H groups in total. The van der Waals surface area contributed by atoms with Gasteiger partial charge in [-0.1, -0.05) is 30.3 Å². The van der Waals surface area contributed by atoms with Crippen LogP contribution in [0, 0.1) is 30.5 Å². The molecule has 2 aliphatic rings. The third-order valence-corrected chi connectivity index (χ3v) is 7.65. The highest BCUT2D eigenvalue weighted by Gasteiger charge is 2.48. The second-order valence-corrected chi connectivity index (χ2v) is 10.8. The number of nitrogens with two attached hydrogens (primary N) is 1. The molecule has 0 bridgehead atoms. The SMILES string of the molecule is Cc1cccc2c1CC(=O)[C@@H](NC(=O)[C@H](CCC(F)(F)F)[C@H](CC1CC(F)(F)C1)C(N)=O)N=C2c1cccc(F)c1. The van der Waals surface area contributed by atoms with Crippen LogP contribution in [0.5, 0.6) is 0 Å². The van der Waals surface area contributed by atoms with Gasteiger partial charge in [-0.25, -0.2) is 13.2 Å². The lowest BCUT2D eigenvalue weighted by Gasteiger charge is -2.38. The first-order valence-electron chi connectivity index (χ1n) is 13.1. The summed E-state index contributed by atoms with van der Waals surface area (Å²) in [5, 5.41) is 2.38. The van der Waals surface area contributed by atoms with Gasteiger partial charge in [0, 0.05) is 48.6 Å². The minimum Gasteiger partial charge on any atom is -0.369 e. The summed E-state index contributed by atoms with van der Waals surface area (Å²) < 4.78 is 80.5. The highest BCUT2D eigenvalue weighted by Crippen LogP contribution is 2.46. The van der Waals surface area contributed by atoms with E-state index in [4.69, 9.17) is 5.73 Å². The summed E-state index contributed by atoms with van der Waals surface area (Å²) in [4.78, 5) is 43.5. The number of hydrogen-bond donors (Lipinski definition) is 2. The van der Waals surface area contributed by atoms with E-state index in [-0.39, 0.29) is 18.6 Å². The summed E-state index contributed by atoms with van der Waals surface area (Å²) in [6.07, 6.45) is -10.1. The number of carbonyl (C=O) groups is 3. The zero-order valence-electron chi connectivity index (χ0n) is 22.1. The zero-order valence-corrected chi connectivity index (χ0v) is 22.1. The van der Waals surface area contributed by atoms with Gasteiger partial charge < -0.3 is 11.1 Å². The summed E-state index contributed by atoms with van der Waals surface area (Å²) in [6, 6.07) is 10.6. The van der Waals surface area contributed by atoms with Crippen LogP contribution in [-0.2, 0) is 20.8 Å². The number of Topliss-reactive ketones (excluding diaryl/α,β-unsaturated/α-hetero) is 1. The maximum atomic E-state index is 14.1. The van der Waals surface area contributed by atoms with Crippen LogP contribution in [0.3, 0.4) is 0 Å². The number of fused-ring (bicyclic) bond motifs is 1. The van der Waals surface area contributed by atoms with Crippen LogP contribution in [0.25, 0.3) is 0 Å². The third kappa shape index (κ3) is 7.34. The predicted octanol–water partition coefficient (Wildman–Crippen LogP) is 5.03. The van der Waals surface area contributed by atoms with Crippen molar-refractivity contribution in [1.82, 2.24) is 5.32 Å². The smallest absolute Gasteiger partial charge is 0.369 e. The number of nitrogens with one attached hydrogen (secondary N) is 1. The first kappa shape index (κ1) is 30.3. The molecule has 1 saturated carbocycles. The maximum Gasteiger partial charge on any atom is 0.389 e. The third-order valence-electron chi connectivity index (χ3n) is 7.65. The van der Waals surface area contributed by atoms with Gasteiger partial charge in [0.15, 0.2) is 11.9 Å². The lowest BCUT2D eigenvalue weighted by Crippen LogP contribution is -2.48. The Kier molecular flexibility index (Phi) is 8.60. The fourth-order valence-electron chi connectivity index (χ4n) is 5.54. The number of aliphatic imine (C=N–C) groups is 1. The molecule has 3 atom stereocenters. The van der Waals surface area contributed by atoms with Gasteiger partial charge in [-0.05, 0) is 48.9 Å². The largest absolute Gasteiger partial charge is 0.389 e. The Labute approximate surface area is 232 Å². The van der Waals surface area contributed by atoms with Crippen LogP contribution < -0.4 is 11.1 Å². The number of ketones is 1. The van der Waals surface area contributed by atoms with Crippen molar-refractivity contribution in [2.24, 2.45) is 28.5 Å². The maximum absolute atomic E-state index is 14.1. The van der Waals surface area contributed by atoms with Gasteiger partial charge in [0.25, 0.3) is 0 Å². The molecule has 2 aromatic rings. The first-order valence-corrected chi connectivity index (χ1v) is 13.1. The van der Waals surface area contributed by atoms with Crippen molar-refractivity contribution >= 4 is 23.3 Å². The van der Waals surface area contributed by atoms with Gasteiger partial charge >= 0.3 is 6.18 Å². The molecule has 2 aromatic carbocycles. The Morgan fingerprint density at radius 1 is 1.12 bits per heavy atom. The van der Waals surface area contributed by atoms with Crippen LogP contribution in [-0.4, -0.2) is 41.6 Å². The second-order valence-electron chi connectivity index (χ2n) is 10.8. The van der Waals surface area contributed by atoms with E-state index in [1.807, 2.05) is 0 Å². The molecule has 2 amide bonds. The van der Waals surface area contributed by atoms with E-state index in [2.05, 4.69) is 10.3 Å². The quantitative estimate of drug-likeness (QED) is 0.406. The molecule has 1 aliphatic heterocycles. The van der Waals surface area contributed by atoms with Crippen molar-refractivity contribution in [2.45, 2.75) is 63.7 Å². The molecule has 6 nitrogen and oxygen atoms in total. The standard InChI is InChI=1S/C29H29F6N3O3/c1-15-4-2-7-19-21(15)12-23(39)26(37-24(19)17-5-3-6-18(30)11-17)38-27(41)20(8-9-29(33,34)35)22(25(36)40)10-16-13-28(31,32)14-16/h2-7,11,16,20,22,26H,8-10,12-14H2,1H3,(H2,36,40)(H,38,41)/t20-,22+,26-/m1/s1. The number of hydrogen-bond acceptors (Lipinski definition) is 4. The summed E-state index contributed by atoms with van der Waals surface area (Å²) in [5.74, 6) is -10.1. The predicted molar refractivity (Wildman–Crippen MR) is 138 cm³/mol. The average Bonchev–Trinajstić information content (AvgIpc) is 2.98. The lowest BCUT2D eigenvalue weighted by atomic mass is 9.72. The number of carbonyl (C=O) groups excluding carboxylic acids is 3. The van der Waals surface area contributed by atoms with Crippen molar-refractivity contribution in [3.63, 3.8) is 0 Å². The Morgan fingerprint density at radius 2 is 1.80 bits per heavy atom. The molecule has 0 radical (unpaired) electrons. The second kappa shape index (κ2) is 11.7.